The van der Waals surface area contributed by atoms with Crippen LogP contribution in [0.25, 0.3) is 0 Å². The maximum absolute atomic E-state index is 12.1. The van der Waals surface area contributed by atoms with E-state index in [9.17, 15) is 14.7 Å². The van der Waals surface area contributed by atoms with Crippen molar-refractivity contribution in [2.24, 2.45) is 13.0 Å². The van der Waals surface area contributed by atoms with Crippen LogP contribution in [0.3, 0.4) is 0 Å². The second-order valence-corrected chi connectivity index (χ2v) is 5.05. The van der Waals surface area contributed by atoms with Crippen molar-refractivity contribution in [3.8, 4) is 0 Å². The van der Waals surface area contributed by atoms with E-state index in [2.05, 4.69) is 4.98 Å². The highest BCUT2D eigenvalue weighted by Crippen LogP contribution is 2.42. The first-order chi connectivity index (χ1) is 8.59. The molecule has 0 amide bonds. The number of aliphatic carboxylic acids is 1. The van der Waals surface area contributed by atoms with E-state index in [1.807, 2.05) is 4.90 Å². The van der Waals surface area contributed by atoms with E-state index in [-0.39, 0.29) is 23.6 Å². The van der Waals surface area contributed by atoms with Crippen molar-refractivity contribution in [2.45, 2.75) is 31.3 Å². The van der Waals surface area contributed by atoms with Gasteiger partial charge in [-0.15, -0.1) is 0 Å². The van der Waals surface area contributed by atoms with Crippen LogP contribution in [0, 0.1) is 5.92 Å². The third-order valence-electron chi connectivity index (χ3n) is 4.10. The van der Waals surface area contributed by atoms with Gasteiger partial charge in [-0.1, -0.05) is 0 Å². The standard InChI is InChI=1S/C12H15N3O3/c1-14-5-4-13-10(11(14)16)15-7-2-3-9(15)8(6-7)12(17)18/h4-5,7-9H,2-3,6H2,1H3,(H,17,18). The van der Waals surface area contributed by atoms with E-state index in [1.54, 1.807) is 19.4 Å². The first kappa shape index (κ1) is 11.3. The highest BCUT2D eigenvalue weighted by atomic mass is 16.4. The minimum Gasteiger partial charge on any atom is -0.481 e. The average Bonchev–Trinajstić information content (AvgIpc) is 2.90. The van der Waals surface area contributed by atoms with Crippen molar-refractivity contribution >= 4 is 11.8 Å². The Morgan fingerprint density at radius 2 is 2.28 bits per heavy atom. The molecule has 0 aliphatic carbocycles. The van der Waals surface area contributed by atoms with Crippen LogP contribution >= 0.6 is 0 Å². The second kappa shape index (κ2) is 3.83. The smallest absolute Gasteiger partial charge is 0.308 e. The van der Waals surface area contributed by atoms with Crippen LogP contribution in [0.2, 0.25) is 0 Å². The normalized spacial score (nSPS) is 29.8. The van der Waals surface area contributed by atoms with Gasteiger partial charge in [-0.05, 0) is 19.3 Å². The molecule has 18 heavy (non-hydrogen) atoms. The molecule has 1 aromatic heterocycles. The number of rotatable bonds is 2. The number of hydrogen-bond donors (Lipinski definition) is 1. The molecule has 2 bridgehead atoms. The van der Waals surface area contributed by atoms with Crippen LogP contribution in [-0.2, 0) is 11.8 Å². The first-order valence-corrected chi connectivity index (χ1v) is 6.12. The number of carbonyl (C=O) groups is 1. The molecule has 2 fully saturated rings. The summed E-state index contributed by atoms with van der Waals surface area (Å²) in [5.74, 6) is -0.730. The molecule has 1 N–H and O–H groups in total. The van der Waals surface area contributed by atoms with E-state index in [1.165, 1.54) is 4.57 Å². The minimum atomic E-state index is -0.764. The Balaban J connectivity index is 2.01. The van der Waals surface area contributed by atoms with E-state index in [4.69, 9.17) is 0 Å². The summed E-state index contributed by atoms with van der Waals surface area (Å²) in [7, 11) is 1.68. The zero-order valence-corrected chi connectivity index (χ0v) is 10.1. The SMILES string of the molecule is Cn1ccnc(N2C3CCC2C(C(=O)O)C3)c1=O. The number of aryl methyl sites for hydroxylation is 1. The van der Waals surface area contributed by atoms with Gasteiger partial charge in [0.1, 0.15) is 0 Å². The number of carboxylic acid groups (broad SMARTS) is 1. The molecule has 2 saturated heterocycles. The molecule has 3 atom stereocenters. The Hall–Kier alpha value is -1.85. The number of carboxylic acids is 1. The van der Waals surface area contributed by atoms with Crippen molar-refractivity contribution in [2.75, 3.05) is 4.90 Å². The Morgan fingerprint density at radius 3 is 2.94 bits per heavy atom. The first-order valence-electron chi connectivity index (χ1n) is 6.12. The quantitative estimate of drug-likeness (QED) is 0.811. The summed E-state index contributed by atoms with van der Waals surface area (Å²) in [6.07, 6.45) is 5.61. The topological polar surface area (TPSA) is 75.4 Å². The molecule has 6 heteroatoms. The monoisotopic (exact) mass is 249 g/mol. The minimum absolute atomic E-state index is 0.0740. The van der Waals surface area contributed by atoms with Crippen LogP contribution in [0.15, 0.2) is 17.2 Å². The van der Waals surface area contributed by atoms with Crippen molar-refractivity contribution in [3.05, 3.63) is 22.7 Å². The summed E-state index contributed by atoms with van der Waals surface area (Å²) in [5, 5.41) is 9.19. The maximum Gasteiger partial charge on any atom is 0.308 e. The van der Waals surface area contributed by atoms with Gasteiger partial charge in [0, 0.05) is 31.5 Å². The van der Waals surface area contributed by atoms with Crippen LogP contribution in [0.1, 0.15) is 19.3 Å². The van der Waals surface area contributed by atoms with Gasteiger partial charge in [0.05, 0.1) is 5.92 Å². The van der Waals surface area contributed by atoms with Crippen molar-refractivity contribution in [3.63, 3.8) is 0 Å². The summed E-state index contributed by atoms with van der Waals surface area (Å²) in [5.41, 5.74) is -0.152. The van der Waals surface area contributed by atoms with Gasteiger partial charge in [-0.25, -0.2) is 4.98 Å². The van der Waals surface area contributed by atoms with Gasteiger partial charge >= 0.3 is 5.97 Å². The van der Waals surface area contributed by atoms with Gasteiger partial charge in [0.15, 0.2) is 5.82 Å². The Kier molecular flexibility index (Phi) is 2.39. The fourth-order valence-electron chi connectivity index (χ4n) is 3.25. The molecule has 2 aliphatic rings. The molecule has 3 unspecified atom stereocenters. The molecule has 3 heterocycles. The third-order valence-corrected chi connectivity index (χ3v) is 4.10. The van der Waals surface area contributed by atoms with Gasteiger partial charge in [-0.2, -0.15) is 0 Å². The fraction of sp³-hybridized carbons (Fsp3) is 0.583. The van der Waals surface area contributed by atoms with Crippen LogP contribution in [0.5, 0.6) is 0 Å². The summed E-state index contributed by atoms with van der Waals surface area (Å²) in [6.45, 7) is 0. The van der Waals surface area contributed by atoms with Crippen molar-refractivity contribution in [1.82, 2.24) is 9.55 Å². The lowest BCUT2D eigenvalue weighted by Gasteiger charge is -2.23. The average molecular weight is 249 g/mol. The molecule has 6 nitrogen and oxygen atoms in total. The zero-order valence-electron chi connectivity index (χ0n) is 10.1. The highest BCUT2D eigenvalue weighted by molar-refractivity contribution is 5.73. The van der Waals surface area contributed by atoms with Gasteiger partial charge < -0.3 is 14.6 Å². The summed E-state index contributed by atoms with van der Waals surface area (Å²) < 4.78 is 1.48. The van der Waals surface area contributed by atoms with Crippen molar-refractivity contribution in [1.29, 1.82) is 0 Å². The second-order valence-electron chi connectivity index (χ2n) is 5.05. The van der Waals surface area contributed by atoms with Gasteiger partial charge in [0.25, 0.3) is 5.56 Å². The molecule has 0 aromatic carbocycles. The fourth-order valence-corrected chi connectivity index (χ4v) is 3.25. The zero-order chi connectivity index (χ0) is 12.9. The number of hydrogen-bond acceptors (Lipinski definition) is 4. The lowest BCUT2D eigenvalue weighted by molar-refractivity contribution is -0.142. The molecule has 0 spiro atoms. The number of nitrogens with zero attached hydrogens (tertiary/aromatic N) is 3. The van der Waals surface area contributed by atoms with Gasteiger partial charge in [-0.3, -0.25) is 9.59 Å². The largest absolute Gasteiger partial charge is 0.481 e. The number of fused-ring (bicyclic) bond motifs is 2. The molecular formula is C12H15N3O3. The molecule has 2 aliphatic heterocycles. The molecule has 0 radical (unpaired) electrons. The van der Waals surface area contributed by atoms with E-state index in [0.29, 0.717) is 12.2 Å². The molecule has 1 aromatic rings. The molecule has 96 valence electrons. The van der Waals surface area contributed by atoms with E-state index in [0.717, 1.165) is 12.8 Å². The van der Waals surface area contributed by atoms with Crippen LogP contribution < -0.4 is 10.5 Å². The molecule has 3 rings (SSSR count). The molecular weight excluding hydrogens is 234 g/mol. The van der Waals surface area contributed by atoms with Crippen molar-refractivity contribution < 1.29 is 9.90 Å². The van der Waals surface area contributed by atoms with Gasteiger partial charge in [0.2, 0.25) is 0 Å². The molecule has 0 saturated carbocycles. The Bertz CT molecular complexity index is 554. The highest BCUT2D eigenvalue weighted by Gasteiger charge is 2.50. The maximum atomic E-state index is 12.1. The van der Waals surface area contributed by atoms with E-state index < -0.39 is 5.97 Å². The predicted octanol–water partition coefficient (Wildman–Crippen LogP) is 0.222. The predicted molar refractivity (Wildman–Crippen MR) is 64.5 cm³/mol. The Morgan fingerprint density at radius 1 is 1.50 bits per heavy atom. The lowest BCUT2D eigenvalue weighted by Crippen LogP contribution is -2.38. The lowest BCUT2D eigenvalue weighted by atomic mass is 9.89. The van der Waals surface area contributed by atoms with Crippen LogP contribution in [-0.4, -0.2) is 32.7 Å². The summed E-state index contributed by atoms with van der Waals surface area (Å²) in [6, 6.07) is 0.0776. The van der Waals surface area contributed by atoms with E-state index >= 15 is 0 Å². The number of anilines is 1. The summed E-state index contributed by atoms with van der Waals surface area (Å²) in [4.78, 5) is 29.3. The Labute approximate surface area is 104 Å². The summed E-state index contributed by atoms with van der Waals surface area (Å²) >= 11 is 0. The third kappa shape index (κ3) is 1.45. The van der Waals surface area contributed by atoms with Crippen LogP contribution in [0.4, 0.5) is 5.82 Å². The number of aromatic nitrogens is 2.